The van der Waals surface area contributed by atoms with E-state index in [1.165, 1.54) is 0 Å². The Hall–Kier alpha value is -3.15. The number of nitrogens with one attached hydrogen (secondary N) is 2. The first-order valence-corrected chi connectivity index (χ1v) is 11.9. The van der Waals surface area contributed by atoms with Crippen molar-refractivity contribution in [2.24, 2.45) is 5.92 Å². The van der Waals surface area contributed by atoms with E-state index < -0.39 is 6.04 Å². The summed E-state index contributed by atoms with van der Waals surface area (Å²) in [5.41, 5.74) is 2.78. The van der Waals surface area contributed by atoms with Crippen LogP contribution in [-0.4, -0.2) is 48.3 Å². The Bertz CT molecular complexity index is 919. The molecule has 176 valence electrons. The minimum atomic E-state index is -0.605. The lowest BCUT2D eigenvalue weighted by molar-refractivity contribution is -0.133. The Morgan fingerprint density at radius 3 is 2.30 bits per heavy atom. The van der Waals surface area contributed by atoms with E-state index in [0.717, 1.165) is 24.0 Å². The highest BCUT2D eigenvalue weighted by atomic mass is 16.2. The minimum absolute atomic E-state index is 0.00516. The van der Waals surface area contributed by atoms with Crippen molar-refractivity contribution < 1.29 is 14.4 Å². The molecule has 2 N–H and O–H groups in total. The summed E-state index contributed by atoms with van der Waals surface area (Å²) in [7, 11) is 0. The highest BCUT2D eigenvalue weighted by Gasteiger charge is 2.33. The first kappa shape index (κ1) is 24.5. The topological polar surface area (TPSA) is 78.5 Å². The van der Waals surface area contributed by atoms with E-state index in [4.69, 9.17) is 0 Å². The number of hydrogen-bond donors (Lipinski definition) is 2. The number of aryl methyl sites for hydroxylation is 2. The molecule has 0 spiro atoms. The second kappa shape index (κ2) is 12.2. The van der Waals surface area contributed by atoms with Crippen LogP contribution in [0, 0.1) is 12.8 Å². The van der Waals surface area contributed by atoms with E-state index in [0.29, 0.717) is 44.5 Å². The second-order valence-electron chi connectivity index (χ2n) is 8.81. The molecular weight excluding hydrogens is 414 g/mol. The maximum atomic E-state index is 12.9. The summed E-state index contributed by atoms with van der Waals surface area (Å²) in [6, 6.07) is 16.7. The molecule has 0 aromatic heterocycles. The van der Waals surface area contributed by atoms with Gasteiger partial charge in [0.1, 0.15) is 6.04 Å². The van der Waals surface area contributed by atoms with Crippen LogP contribution in [0.4, 0.5) is 0 Å². The quantitative estimate of drug-likeness (QED) is 0.615. The van der Waals surface area contributed by atoms with Crippen LogP contribution in [0.25, 0.3) is 0 Å². The summed E-state index contributed by atoms with van der Waals surface area (Å²) >= 11 is 0. The molecular formula is C27H35N3O3. The molecule has 1 heterocycles. The number of rotatable bonds is 9. The van der Waals surface area contributed by atoms with E-state index in [1.807, 2.05) is 61.2 Å². The summed E-state index contributed by atoms with van der Waals surface area (Å²) in [5, 5.41) is 5.90. The molecule has 1 aliphatic rings. The molecule has 0 aliphatic carbocycles. The van der Waals surface area contributed by atoms with Crippen molar-refractivity contribution in [3.63, 3.8) is 0 Å². The summed E-state index contributed by atoms with van der Waals surface area (Å²) in [4.78, 5) is 40.3. The van der Waals surface area contributed by atoms with Gasteiger partial charge in [-0.25, -0.2) is 0 Å². The fourth-order valence-corrected chi connectivity index (χ4v) is 4.22. The van der Waals surface area contributed by atoms with Gasteiger partial charge >= 0.3 is 0 Å². The Labute approximate surface area is 196 Å². The molecule has 33 heavy (non-hydrogen) atoms. The molecule has 2 aromatic rings. The highest BCUT2D eigenvalue weighted by molar-refractivity contribution is 5.97. The number of carbonyl (C=O) groups is 3. The Morgan fingerprint density at radius 1 is 1.00 bits per heavy atom. The van der Waals surface area contributed by atoms with E-state index in [9.17, 15) is 14.4 Å². The molecule has 1 aliphatic heterocycles. The Morgan fingerprint density at radius 2 is 1.67 bits per heavy atom. The average molecular weight is 450 g/mol. The van der Waals surface area contributed by atoms with Crippen molar-refractivity contribution in [2.45, 2.75) is 52.0 Å². The number of carbonyl (C=O) groups excluding carboxylic acids is 3. The van der Waals surface area contributed by atoms with E-state index in [1.54, 1.807) is 12.1 Å². The van der Waals surface area contributed by atoms with Gasteiger partial charge in [-0.15, -0.1) is 0 Å². The molecule has 0 bridgehead atoms. The molecule has 6 heteroatoms. The lowest BCUT2D eigenvalue weighted by atomic mass is 9.88. The van der Waals surface area contributed by atoms with Gasteiger partial charge < -0.3 is 15.5 Å². The fourth-order valence-electron chi connectivity index (χ4n) is 4.22. The molecule has 1 atom stereocenters. The van der Waals surface area contributed by atoms with Crippen molar-refractivity contribution in [1.82, 2.24) is 15.5 Å². The molecule has 0 saturated carbocycles. The van der Waals surface area contributed by atoms with Gasteiger partial charge in [-0.1, -0.05) is 55.0 Å². The van der Waals surface area contributed by atoms with Crippen LogP contribution < -0.4 is 10.6 Å². The van der Waals surface area contributed by atoms with E-state index in [2.05, 4.69) is 10.6 Å². The maximum absolute atomic E-state index is 12.9. The van der Waals surface area contributed by atoms with Gasteiger partial charge in [0, 0.05) is 31.6 Å². The van der Waals surface area contributed by atoms with Gasteiger partial charge in [-0.2, -0.15) is 0 Å². The molecule has 0 radical (unpaired) electrons. The smallest absolute Gasteiger partial charge is 0.251 e. The molecule has 3 rings (SSSR count). The highest BCUT2D eigenvalue weighted by Crippen LogP contribution is 2.22. The lowest BCUT2D eigenvalue weighted by Crippen LogP contribution is -2.54. The number of nitrogens with zero attached hydrogens (tertiary/aromatic N) is 1. The van der Waals surface area contributed by atoms with Crippen molar-refractivity contribution in [2.75, 3.05) is 19.6 Å². The Kier molecular flexibility index (Phi) is 9.04. The molecule has 2 aromatic carbocycles. The van der Waals surface area contributed by atoms with Gasteiger partial charge in [0.15, 0.2) is 0 Å². The van der Waals surface area contributed by atoms with Crippen molar-refractivity contribution >= 4 is 17.7 Å². The van der Waals surface area contributed by atoms with Crippen LogP contribution in [-0.2, 0) is 16.0 Å². The number of likely N-dealkylation sites (tertiary alicyclic amines) is 1. The van der Waals surface area contributed by atoms with Gasteiger partial charge in [0.25, 0.3) is 5.91 Å². The first-order chi connectivity index (χ1) is 16.0. The van der Waals surface area contributed by atoms with Gasteiger partial charge in [0.05, 0.1) is 0 Å². The first-order valence-electron chi connectivity index (χ1n) is 11.9. The van der Waals surface area contributed by atoms with Crippen molar-refractivity contribution in [1.29, 1.82) is 0 Å². The number of piperidine rings is 1. The molecule has 1 saturated heterocycles. The van der Waals surface area contributed by atoms with Crippen molar-refractivity contribution in [3.05, 3.63) is 71.3 Å². The summed E-state index contributed by atoms with van der Waals surface area (Å²) < 4.78 is 0. The third-order valence-electron chi connectivity index (χ3n) is 6.27. The van der Waals surface area contributed by atoms with E-state index >= 15 is 0 Å². The van der Waals surface area contributed by atoms with Crippen LogP contribution in [0.5, 0.6) is 0 Å². The monoisotopic (exact) mass is 449 g/mol. The maximum Gasteiger partial charge on any atom is 0.251 e. The molecule has 3 amide bonds. The largest absolute Gasteiger partial charge is 0.354 e. The van der Waals surface area contributed by atoms with Crippen LogP contribution in [0.15, 0.2) is 54.6 Å². The molecule has 1 fully saturated rings. The zero-order valence-corrected chi connectivity index (χ0v) is 19.7. The predicted octanol–water partition coefficient (Wildman–Crippen LogP) is 3.49. The van der Waals surface area contributed by atoms with E-state index in [-0.39, 0.29) is 23.6 Å². The zero-order chi connectivity index (χ0) is 23.6. The normalized spacial score (nSPS) is 15.0. The number of benzene rings is 2. The van der Waals surface area contributed by atoms with Gasteiger partial charge in [-0.05, 0) is 56.2 Å². The molecule has 6 nitrogen and oxygen atoms in total. The second-order valence-corrected chi connectivity index (χ2v) is 8.81. The van der Waals surface area contributed by atoms with Crippen LogP contribution in [0.3, 0.4) is 0 Å². The van der Waals surface area contributed by atoms with Crippen molar-refractivity contribution in [3.8, 4) is 0 Å². The van der Waals surface area contributed by atoms with Crippen LogP contribution in [0.2, 0.25) is 0 Å². The van der Waals surface area contributed by atoms with Crippen LogP contribution >= 0.6 is 0 Å². The fraction of sp³-hybridized carbons (Fsp3) is 0.444. The van der Waals surface area contributed by atoms with Gasteiger partial charge in [0.2, 0.25) is 11.8 Å². The SMILES string of the molecule is CCCNC(=O)C(NC(=O)c1ccc(C)cc1)C1CCN(C(=O)CCc2ccccc2)CC1. The standard InChI is InChI=1S/C27H35N3O3/c1-3-17-28-27(33)25(29-26(32)23-12-9-20(2)10-13-23)22-15-18-30(19-16-22)24(31)14-11-21-7-5-4-6-8-21/h4-10,12-13,22,25H,3,11,14-19H2,1-2H3,(H,28,33)(H,29,32). The minimum Gasteiger partial charge on any atom is -0.354 e. The lowest BCUT2D eigenvalue weighted by Gasteiger charge is -2.36. The number of hydrogen-bond acceptors (Lipinski definition) is 3. The Balaban J connectivity index is 1.58. The third-order valence-corrected chi connectivity index (χ3v) is 6.27. The summed E-state index contributed by atoms with van der Waals surface area (Å²) in [6.07, 6.45) is 3.43. The van der Waals surface area contributed by atoms with Gasteiger partial charge in [-0.3, -0.25) is 14.4 Å². The zero-order valence-electron chi connectivity index (χ0n) is 19.7. The molecule has 1 unspecified atom stereocenters. The summed E-state index contributed by atoms with van der Waals surface area (Å²) in [5.74, 6) is -0.249. The predicted molar refractivity (Wildman–Crippen MR) is 130 cm³/mol. The number of amides is 3. The summed E-state index contributed by atoms with van der Waals surface area (Å²) in [6.45, 7) is 5.76. The third kappa shape index (κ3) is 7.17. The average Bonchev–Trinajstić information content (AvgIpc) is 2.85. The van der Waals surface area contributed by atoms with Crippen LogP contribution in [0.1, 0.15) is 54.1 Å².